The van der Waals surface area contributed by atoms with Crippen molar-refractivity contribution in [1.82, 2.24) is 19.7 Å². The Morgan fingerprint density at radius 2 is 1.74 bits per heavy atom. The molecule has 31 heavy (non-hydrogen) atoms. The molecular formula is C25H20N4OS. The lowest BCUT2D eigenvalue weighted by atomic mass is 10.1. The molecule has 2 aromatic heterocycles. The zero-order chi connectivity index (χ0) is 21.4. The van der Waals surface area contributed by atoms with Crippen molar-refractivity contribution >= 4 is 27.8 Å². The van der Waals surface area contributed by atoms with Crippen molar-refractivity contribution in [3.63, 3.8) is 0 Å². The number of nitrogens with zero attached hydrogens (tertiary/aromatic N) is 3. The Morgan fingerprint density at radius 3 is 2.58 bits per heavy atom. The minimum Gasteiger partial charge on any atom is -0.360 e. The lowest BCUT2D eigenvalue weighted by Crippen LogP contribution is -2.03. The van der Waals surface area contributed by atoms with E-state index in [-0.39, 0.29) is 5.12 Å². The van der Waals surface area contributed by atoms with Gasteiger partial charge < -0.3 is 4.98 Å². The molecule has 5 rings (SSSR count). The second-order valence-electron chi connectivity index (χ2n) is 7.44. The Morgan fingerprint density at radius 1 is 0.935 bits per heavy atom. The summed E-state index contributed by atoms with van der Waals surface area (Å²) in [5, 5.41) is 10.5. The molecule has 5 aromatic rings. The number of hydrogen-bond donors (Lipinski definition) is 1. The maximum Gasteiger partial charge on any atom is 0.227 e. The molecule has 0 aliphatic rings. The van der Waals surface area contributed by atoms with Crippen LogP contribution in [0.1, 0.15) is 21.5 Å². The number of rotatable bonds is 4. The van der Waals surface area contributed by atoms with Gasteiger partial charge in [-0.05, 0) is 49.4 Å². The largest absolute Gasteiger partial charge is 0.360 e. The molecule has 0 saturated carbocycles. The zero-order valence-electron chi connectivity index (χ0n) is 17.2. The molecular weight excluding hydrogens is 404 g/mol. The molecule has 0 fully saturated rings. The van der Waals surface area contributed by atoms with Crippen molar-refractivity contribution in [1.29, 1.82) is 0 Å². The van der Waals surface area contributed by atoms with E-state index in [1.54, 1.807) is 0 Å². The summed E-state index contributed by atoms with van der Waals surface area (Å²) in [5.41, 5.74) is 5.70. The highest BCUT2D eigenvalue weighted by atomic mass is 32.2. The Balaban J connectivity index is 1.66. The summed E-state index contributed by atoms with van der Waals surface area (Å²) in [4.78, 5) is 16.3. The third-order valence-electron chi connectivity index (χ3n) is 5.26. The van der Waals surface area contributed by atoms with Crippen molar-refractivity contribution in [3.8, 4) is 17.1 Å². The third kappa shape index (κ3) is 3.55. The summed E-state index contributed by atoms with van der Waals surface area (Å²) in [6.45, 7) is 4.03. The van der Waals surface area contributed by atoms with Crippen molar-refractivity contribution < 1.29 is 4.79 Å². The van der Waals surface area contributed by atoms with Gasteiger partial charge in [-0.3, -0.25) is 9.36 Å². The van der Waals surface area contributed by atoms with E-state index in [4.69, 9.17) is 0 Å². The van der Waals surface area contributed by atoms with E-state index in [0.29, 0.717) is 16.5 Å². The van der Waals surface area contributed by atoms with Crippen LogP contribution in [0.2, 0.25) is 0 Å². The molecule has 2 heterocycles. The van der Waals surface area contributed by atoms with Crippen molar-refractivity contribution in [2.45, 2.75) is 19.0 Å². The molecule has 0 amide bonds. The average Bonchev–Trinajstić information content (AvgIpc) is 3.38. The Kier molecular flexibility index (Phi) is 4.92. The van der Waals surface area contributed by atoms with Gasteiger partial charge in [0.2, 0.25) is 10.3 Å². The van der Waals surface area contributed by atoms with Gasteiger partial charge in [0.1, 0.15) is 0 Å². The molecule has 0 bridgehead atoms. The second kappa shape index (κ2) is 7.89. The predicted octanol–water partition coefficient (Wildman–Crippen LogP) is 5.96. The van der Waals surface area contributed by atoms with E-state index < -0.39 is 0 Å². The van der Waals surface area contributed by atoms with E-state index in [1.807, 2.05) is 91.3 Å². The summed E-state index contributed by atoms with van der Waals surface area (Å²) < 4.78 is 1.98. The number of H-pyrrole nitrogens is 1. The van der Waals surface area contributed by atoms with E-state index in [9.17, 15) is 4.79 Å². The normalized spacial score (nSPS) is 11.2. The van der Waals surface area contributed by atoms with Crippen molar-refractivity contribution in [3.05, 3.63) is 95.7 Å². The number of carbonyl (C=O) groups excluding carboxylic acids is 1. The molecule has 0 unspecified atom stereocenters. The number of aromatic nitrogens is 4. The van der Waals surface area contributed by atoms with E-state index in [1.165, 1.54) is 0 Å². The van der Waals surface area contributed by atoms with Crippen molar-refractivity contribution in [2.75, 3.05) is 0 Å². The number of para-hydroxylation sites is 2. The minimum absolute atomic E-state index is 0.0589. The van der Waals surface area contributed by atoms with Gasteiger partial charge in [-0.1, -0.05) is 60.2 Å². The monoisotopic (exact) mass is 424 g/mol. The van der Waals surface area contributed by atoms with E-state index in [2.05, 4.69) is 21.2 Å². The van der Waals surface area contributed by atoms with Crippen molar-refractivity contribution in [2.24, 2.45) is 0 Å². The summed E-state index contributed by atoms with van der Waals surface area (Å²) in [6, 6.07) is 23.7. The first-order chi connectivity index (χ1) is 15.1. The topological polar surface area (TPSA) is 63.6 Å². The number of hydrogen-bond acceptors (Lipinski definition) is 4. The molecule has 0 aliphatic carbocycles. The van der Waals surface area contributed by atoms with Crippen LogP contribution in [0, 0.1) is 13.8 Å². The molecule has 0 aliphatic heterocycles. The molecule has 0 spiro atoms. The molecule has 0 radical (unpaired) electrons. The molecule has 5 nitrogen and oxygen atoms in total. The molecule has 0 saturated heterocycles. The quantitative estimate of drug-likeness (QED) is 0.361. The molecule has 6 heteroatoms. The van der Waals surface area contributed by atoms with Crippen LogP contribution >= 0.6 is 11.8 Å². The van der Waals surface area contributed by atoms with Gasteiger partial charge in [0.25, 0.3) is 0 Å². The lowest BCUT2D eigenvalue weighted by molar-refractivity contribution is 0.108. The highest BCUT2D eigenvalue weighted by Gasteiger charge is 2.22. The highest BCUT2D eigenvalue weighted by molar-refractivity contribution is 8.14. The van der Waals surface area contributed by atoms with Gasteiger partial charge in [0.15, 0.2) is 5.82 Å². The average molecular weight is 425 g/mol. The first kappa shape index (κ1) is 19.3. The van der Waals surface area contributed by atoms with Crippen LogP contribution in [-0.2, 0) is 0 Å². The maximum atomic E-state index is 13.0. The fourth-order valence-corrected chi connectivity index (χ4v) is 4.48. The smallest absolute Gasteiger partial charge is 0.227 e. The number of carbonyl (C=O) groups is 1. The highest BCUT2D eigenvalue weighted by Crippen LogP contribution is 2.34. The zero-order valence-corrected chi connectivity index (χ0v) is 18.0. The summed E-state index contributed by atoms with van der Waals surface area (Å²) in [7, 11) is 0. The number of aromatic amines is 1. The Labute approximate surface area is 184 Å². The van der Waals surface area contributed by atoms with Gasteiger partial charge in [-0.25, -0.2) is 0 Å². The van der Waals surface area contributed by atoms with E-state index in [0.717, 1.165) is 45.0 Å². The summed E-state index contributed by atoms with van der Waals surface area (Å²) in [6.07, 6.45) is 1.94. The number of nitrogens with one attached hydrogen (secondary N) is 1. The summed E-state index contributed by atoms with van der Waals surface area (Å²) >= 11 is 1.10. The molecule has 1 N–H and O–H groups in total. The number of fused-ring (bicyclic) bond motifs is 1. The van der Waals surface area contributed by atoms with Gasteiger partial charge >= 0.3 is 0 Å². The van der Waals surface area contributed by atoms with Gasteiger partial charge in [0, 0.05) is 28.2 Å². The SMILES string of the molecule is Cc1cccc(C(=O)Sc2nnc(-c3c[nH]c4ccccc34)n2-c2ccccc2C)c1. The van der Waals surface area contributed by atoms with Crippen LogP contribution in [0.5, 0.6) is 0 Å². The Hall–Kier alpha value is -3.64. The predicted molar refractivity (Wildman–Crippen MR) is 125 cm³/mol. The lowest BCUT2D eigenvalue weighted by Gasteiger charge is -2.12. The number of thioether (sulfide) groups is 1. The fourth-order valence-electron chi connectivity index (χ4n) is 3.71. The molecule has 152 valence electrons. The van der Waals surface area contributed by atoms with Gasteiger partial charge in [-0.15, -0.1) is 10.2 Å². The summed E-state index contributed by atoms with van der Waals surface area (Å²) in [5.74, 6) is 0.700. The standard InChI is InChI=1S/C25H20N4OS/c1-16-8-7-10-18(14-16)24(30)31-25-28-27-23(29(25)22-13-6-3-9-17(22)2)20-15-26-21-12-5-4-11-19(20)21/h3-15,26H,1-2H3. The maximum absolute atomic E-state index is 13.0. The van der Waals surface area contributed by atoms with Crippen LogP contribution in [0.3, 0.4) is 0 Å². The van der Waals surface area contributed by atoms with Crippen LogP contribution < -0.4 is 0 Å². The van der Waals surface area contributed by atoms with Gasteiger partial charge in [-0.2, -0.15) is 0 Å². The third-order valence-corrected chi connectivity index (χ3v) is 6.13. The molecule has 3 aromatic carbocycles. The molecule has 0 atom stereocenters. The van der Waals surface area contributed by atoms with E-state index >= 15 is 0 Å². The fraction of sp³-hybridized carbons (Fsp3) is 0.0800. The second-order valence-corrected chi connectivity index (χ2v) is 8.38. The first-order valence-electron chi connectivity index (χ1n) is 9.98. The van der Waals surface area contributed by atoms with Crippen LogP contribution in [0.25, 0.3) is 28.0 Å². The minimum atomic E-state index is -0.0589. The number of aryl methyl sites for hydroxylation is 2. The van der Waals surface area contributed by atoms with Crippen LogP contribution in [0.15, 0.2) is 84.1 Å². The first-order valence-corrected chi connectivity index (χ1v) is 10.8. The van der Waals surface area contributed by atoms with Gasteiger partial charge in [0.05, 0.1) is 5.69 Å². The van der Waals surface area contributed by atoms with Crippen LogP contribution in [0.4, 0.5) is 0 Å². The van der Waals surface area contributed by atoms with Crippen LogP contribution in [-0.4, -0.2) is 24.9 Å². The number of benzene rings is 3. The Bertz CT molecular complexity index is 1420.